The highest BCUT2D eigenvalue weighted by Crippen LogP contribution is 2.37. The minimum atomic E-state index is 0.935. The molecule has 0 atom stereocenters. The molecule has 0 spiro atoms. The van der Waals surface area contributed by atoms with Gasteiger partial charge in [-0.25, -0.2) is 4.98 Å². The van der Waals surface area contributed by atoms with E-state index in [0.717, 1.165) is 15.9 Å². The second kappa shape index (κ2) is 7.64. The van der Waals surface area contributed by atoms with Crippen LogP contribution in [0.5, 0.6) is 0 Å². The molecule has 0 saturated carbocycles. The molecule has 4 rings (SSSR count). The summed E-state index contributed by atoms with van der Waals surface area (Å²) in [6.45, 7) is 0. The average molecular weight is 361 g/mol. The highest BCUT2D eigenvalue weighted by molar-refractivity contribution is 8.00. The van der Waals surface area contributed by atoms with Gasteiger partial charge in [0.15, 0.2) is 0 Å². The molecule has 0 fully saturated rings. The van der Waals surface area contributed by atoms with Crippen LogP contribution >= 0.6 is 23.5 Å². The van der Waals surface area contributed by atoms with E-state index in [1.807, 2.05) is 36.5 Å². The van der Waals surface area contributed by atoms with E-state index in [0.29, 0.717) is 0 Å². The van der Waals surface area contributed by atoms with Crippen LogP contribution in [0.15, 0.2) is 117 Å². The van der Waals surface area contributed by atoms with Crippen LogP contribution in [0.2, 0.25) is 0 Å². The van der Waals surface area contributed by atoms with Gasteiger partial charge in [0.05, 0.1) is 10.1 Å². The third-order valence-electron chi connectivity index (χ3n) is 3.62. The topological polar surface area (TPSA) is 17.8 Å². The maximum absolute atomic E-state index is 4.56. The fourth-order valence-corrected chi connectivity index (χ4v) is 4.46. The van der Waals surface area contributed by atoms with E-state index in [-0.39, 0.29) is 0 Å². The largest absolute Gasteiger partial charge is 0.283 e. The smallest absolute Gasteiger partial charge is 0.138 e. The van der Waals surface area contributed by atoms with Gasteiger partial charge >= 0.3 is 0 Å². The molecule has 4 aromatic rings. The van der Waals surface area contributed by atoms with Gasteiger partial charge in [-0.1, -0.05) is 66.0 Å². The maximum atomic E-state index is 4.56. The van der Waals surface area contributed by atoms with Gasteiger partial charge in [0.25, 0.3) is 0 Å². The van der Waals surface area contributed by atoms with Crippen LogP contribution in [-0.2, 0) is 0 Å². The summed E-state index contributed by atoms with van der Waals surface area (Å²) >= 11 is 3.50. The van der Waals surface area contributed by atoms with Crippen LogP contribution in [0.4, 0.5) is 0 Å². The number of hydrogen-bond donors (Lipinski definition) is 0. The van der Waals surface area contributed by atoms with E-state index < -0.39 is 0 Å². The Morgan fingerprint density at radius 1 is 0.560 bits per heavy atom. The highest BCUT2D eigenvalue weighted by Gasteiger charge is 2.13. The standard InChI is InChI=1S/C21H16N2S2/c1-3-9-17(10-4-1)24-20-14-15-21(25-18-11-5-2-6-12-18)23(20)19-13-7-8-16-22-19/h1-16H. The van der Waals surface area contributed by atoms with Crippen molar-refractivity contribution in [2.24, 2.45) is 0 Å². The molecule has 0 amide bonds. The summed E-state index contributed by atoms with van der Waals surface area (Å²) < 4.78 is 2.22. The predicted octanol–water partition coefficient (Wildman–Crippen LogP) is 6.17. The third-order valence-corrected chi connectivity index (χ3v) is 5.69. The van der Waals surface area contributed by atoms with Gasteiger partial charge < -0.3 is 0 Å². The van der Waals surface area contributed by atoms with E-state index in [4.69, 9.17) is 0 Å². The van der Waals surface area contributed by atoms with Crippen LogP contribution in [0.25, 0.3) is 5.82 Å². The zero-order valence-electron chi connectivity index (χ0n) is 13.4. The third kappa shape index (κ3) is 3.81. The van der Waals surface area contributed by atoms with Crippen molar-refractivity contribution in [2.45, 2.75) is 19.8 Å². The van der Waals surface area contributed by atoms with Crippen molar-refractivity contribution in [3.63, 3.8) is 0 Å². The van der Waals surface area contributed by atoms with Crippen molar-refractivity contribution in [1.29, 1.82) is 0 Å². The molecular weight excluding hydrogens is 344 g/mol. The van der Waals surface area contributed by atoms with Gasteiger partial charge in [0.1, 0.15) is 5.82 Å². The van der Waals surface area contributed by atoms with Crippen molar-refractivity contribution in [3.05, 3.63) is 97.2 Å². The fourth-order valence-electron chi connectivity index (χ4n) is 2.49. The molecule has 2 heterocycles. The summed E-state index contributed by atoms with van der Waals surface area (Å²) in [5.74, 6) is 0.935. The van der Waals surface area contributed by atoms with Crippen LogP contribution in [0.3, 0.4) is 0 Å². The van der Waals surface area contributed by atoms with E-state index in [1.165, 1.54) is 9.79 Å². The van der Waals surface area contributed by atoms with Crippen LogP contribution in [-0.4, -0.2) is 9.55 Å². The van der Waals surface area contributed by atoms with E-state index in [9.17, 15) is 0 Å². The molecule has 0 unspecified atom stereocenters. The lowest BCUT2D eigenvalue weighted by Gasteiger charge is -2.12. The first-order valence-electron chi connectivity index (χ1n) is 7.99. The number of nitrogens with zero attached hydrogens (tertiary/aromatic N) is 2. The molecule has 2 aromatic heterocycles. The molecule has 122 valence electrons. The Hall–Kier alpha value is -2.43. The minimum Gasteiger partial charge on any atom is -0.283 e. The van der Waals surface area contributed by atoms with Crippen molar-refractivity contribution in [3.8, 4) is 5.82 Å². The van der Waals surface area contributed by atoms with Crippen molar-refractivity contribution in [2.75, 3.05) is 0 Å². The molecule has 0 bridgehead atoms. The Morgan fingerprint density at radius 2 is 1.08 bits per heavy atom. The number of pyridine rings is 1. The molecule has 2 aromatic carbocycles. The van der Waals surface area contributed by atoms with Crippen molar-refractivity contribution < 1.29 is 0 Å². The number of hydrogen-bond acceptors (Lipinski definition) is 3. The van der Waals surface area contributed by atoms with E-state index >= 15 is 0 Å². The molecular formula is C21H16N2S2. The summed E-state index contributed by atoms with van der Waals surface area (Å²) in [5.41, 5.74) is 0. The molecule has 0 radical (unpaired) electrons. The van der Waals surface area contributed by atoms with Gasteiger partial charge in [-0.05, 0) is 48.5 Å². The molecule has 0 aliphatic rings. The van der Waals surface area contributed by atoms with Gasteiger partial charge in [-0.2, -0.15) is 0 Å². The van der Waals surface area contributed by atoms with E-state index in [2.05, 4.69) is 70.2 Å². The SMILES string of the molecule is c1ccc(Sc2ccc(Sc3ccccc3)n2-c2ccccn2)cc1. The summed E-state index contributed by atoms with van der Waals surface area (Å²) in [5, 5.41) is 2.31. The lowest BCUT2D eigenvalue weighted by Crippen LogP contribution is -1.99. The summed E-state index contributed by atoms with van der Waals surface area (Å²) in [6, 6.07) is 31.2. The quantitative estimate of drug-likeness (QED) is 0.423. The fraction of sp³-hybridized carbons (Fsp3) is 0. The first-order valence-corrected chi connectivity index (χ1v) is 9.62. The minimum absolute atomic E-state index is 0.935. The van der Waals surface area contributed by atoms with Crippen LogP contribution in [0.1, 0.15) is 0 Å². The zero-order valence-corrected chi connectivity index (χ0v) is 15.1. The molecule has 0 aliphatic heterocycles. The van der Waals surface area contributed by atoms with Crippen molar-refractivity contribution >= 4 is 23.5 Å². The zero-order chi connectivity index (χ0) is 16.9. The summed E-state index contributed by atoms with van der Waals surface area (Å²) in [7, 11) is 0. The molecule has 0 aliphatic carbocycles. The summed E-state index contributed by atoms with van der Waals surface area (Å²) in [6.07, 6.45) is 1.84. The van der Waals surface area contributed by atoms with Gasteiger partial charge in [-0.15, -0.1) is 0 Å². The average Bonchev–Trinajstić information content (AvgIpc) is 3.06. The second-order valence-corrected chi connectivity index (χ2v) is 7.55. The molecule has 2 nitrogen and oxygen atoms in total. The van der Waals surface area contributed by atoms with Crippen molar-refractivity contribution in [1.82, 2.24) is 9.55 Å². The molecule has 4 heteroatoms. The molecule has 25 heavy (non-hydrogen) atoms. The second-order valence-electron chi connectivity index (χ2n) is 5.36. The van der Waals surface area contributed by atoms with Gasteiger partial charge in [0, 0.05) is 16.0 Å². The first kappa shape index (κ1) is 16.1. The Balaban J connectivity index is 1.74. The Bertz CT molecular complexity index is 877. The van der Waals surface area contributed by atoms with Gasteiger partial charge in [0.2, 0.25) is 0 Å². The summed E-state index contributed by atoms with van der Waals surface area (Å²) in [4.78, 5) is 7.00. The molecule has 0 saturated heterocycles. The Morgan fingerprint density at radius 3 is 1.56 bits per heavy atom. The maximum Gasteiger partial charge on any atom is 0.138 e. The van der Waals surface area contributed by atoms with Gasteiger partial charge in [-0.3, -0.25) is 4.57 Å². The Labute approximate surface area is 155 Å². The number of benzene rings is 2. The monoisotopic (exact) mass is 360 g/mol. The molecule has 0 N–H and O–H groups in total. The number of aromatic nitrogens is 2. The number of rotatable bonds is 5. The van der Waals surface area contributed by atoms with Crippen LogP contribution in [0, 0.1) is 0 Å². The predicted molar refractivity (Wildman–Crippen MR) is 105 cm³/mol. The van der Waals surface area contributed by atoms with E-state index in [1.54, 1.807) is 23.5 Å². The lowest BCUT2D eigenvalue weighted by atomic mass is 10.4. The lowest BCUT2D eigenvalue weighted by molar-refractivity contribution is 0.831. The Kier molecular flexibility index (Phi) is 4.91. The first-order chi connectivity index (χ1) is 12.4. The highest BCUT2D eigenvalue weighted by atomic mass is 32.2. The normalized spacial score (nSPS) is 10.7. The van der Waals surface area contributed by atoms with Crippen LogP contribution < -0.4 is 0 Å².